The summed E-state index contributed by atoms with van der Waals surface area (Å²) in [5.41, 5.74) is 0.842. The number of carbonyl (C=O) groups excluding carboxylic acids is 1. The Bertz CT molecular complexity index is 979. The van der Waals surface area contributed by atoms with Crippen molar-refractivity contribution in [1.82, 2.24) is 14.8 Å². The first-order valence-corrected chi connectivity index (χ1v) is 11.7. The predicted molar refractivity (Wildman–Crippen MR) is 124 cm³/mol. The summed E-state index contributed by atoms with van der Waals surface area (Å²) in [5, 5.41) is 15.0. The maximum atomic E-state index is 12.7. The second-order valence-electron chi connectivity index (χ2n) is 7.75. The summed E-state index contributed by atoms with van der Waals surface area (Å²) in [6.45, 7) is 5.25. The Labute approximate surface area is 183 Å². The molecule has 2 aromatic carbocycles. The maximum Gasteiger partial charge on any atom is 0.234 e. The lowest BCUT2D eigenvalue weighted by Crippen LogP contribution is -3.06. The lowest BCUT2D eigenvalue weighted by molar-refractivity contribution is -0.893. The van der Waals surface area contributed by atoms with Gasteiger partial charge in [-0.05, 0) is 17.9 Å². The molecule has 0 saturated heterocycles. The third-order valence-electron chi connectivity index (χ3n) is 5.29. The molecule has 3 rings (SSSR count). The molecule has 30 heavy (non-hydrogen) atoms. The minimum atomic E-state index is -0.0341. The van der Waals surface area contributed by atoms with E-state index in [0.29, 0.717) is 11.8 Å². The number of hydrogen-bond acceptors (Lipinski definition) is 4. The summed E-state index contributed by atoms with van der Waals surface area (Å²) in [7, 11) is 4.30. The molecule has 2 N–H and O–H groups in total. The lowest BCUT2D eigenvalue weighted by atomic mass is 10.1. The topological polar surface area (TPSA) is 64.2 Å². The molecule has 6 nitrogen and oxygen atoms in total. The Balaban J connectivity index is 1.72. The van der Waals surface area contributed by atoms with Gasteiger partial charge in [0, 0.05) is 24.0 Å². The van der Waals surface area contributed by atoms with Gasteiger partial charge in [-0.15, -0.1) is 10.2 Å². The van der Waals surface area contributed by atoms with Crippen molar-refractivity contribution in [2.45, 2.75) is 50.9 Å². The van der Waals surface area contributed by atoms with Crippen molar-refractivity contribution < 1.29 is 9.69 Å². The standard InChI is InChI=1S/C23H31N5OS/c1-5-7-15-28-22(20(6-2)27(3)4)25-26-23(28)30-16-21(29)24-19-14-10-12-17-11-8-9-13-18(17)19/h8-14,20H,5-7,15-16H2,1-4H3,(H,24,29)/p+1/t20-/m0/s1. The predicted octanol–water partition coefficient (Wildman–Crippen LogP) is 3.56. The van der Waals surface area contributed by atoms with Crippen LogP contribution in [0.5, 0.6) is 0 Å². The monoisotopic (exact) mass is 426 g/mol. The van der Waals surface area contributed by atoms with Crippen LogP contribution in [0.1, 0.15) is 45.0 Å². The molecule has 0 aliphatic carbocycles. The number of carbonyl (C=O) groups is 1. The highest BCUT2D eigenvalue weighted by Crippen LogP contribution is 2.25. The minimum absolute atomic E-state index is 0.0341. The van der Waals surface area contributed by atoms with Crippen LogP contribution in [0.3, 0.4) is 0 Å². The van der Waals surface area contributed by atoms with E-state index < -0.39 is 0 Å². The zero-order valence-corrected chi connectivity index (χ0v) is 19.1. The Morgan fingerprint density at radius 3 is 2.63 bits per heavy atom. The first kappa shape index (κ1) is 22.3. The Hall–Kier alpha value is -2.38. The van der Waals surface area contributed by atoms with E-state index in [1.165, 1.54) is 16.7 Å². The number of fused-ring (bicyclic) bond motifs is 1. The maximum absolute atomic E-state index is 12.7. The molecule has 0 unspecified atom stereocenters. The zero-order valence-electron chi connectivity index (χ0n) is 18.3. The first-order chi connectivity index (χ1) is 14.5. The van der Waals surface area contributed by atoms with Crippen LogP contribution in [0.25, 0.3) is 10.8 Å². The van der Waals surface area contributed by atoms with Crippen molar-refractivity contribution in [2.75, 3.05) is 25.2 Å². The van der Waals surface area contributed by atoms with E-state index in [4.69, 9.17) is 0 Å². The number of nitrogens with zero attached hydrogens (tertiary/aromatic N) is 3. The summed E-state index contributed by atoms with van der Waals surface area (Å²) in [6.07, 6.45) is 3.17. The van der Waals surface area contributed by atoms with Gasteiger partial charge in [-0.3, -0.25) is 4.79 Å². The van der Waals surface area contributed by atoms with Crippen molar-refractivity contribution in [3.05, 3.63) is 48.3 Å². The van der Waals surface area contributed by atoms with Gasteiger partial charge in [-0.25, -0.2) is 0 Å². The van der Waals surface area contributed by atoms with Crippen molar-refractivity contribution in [3.8, 4) is 0 Å². The van der Waals surface area contributed by atoms with Crippen molar-refractivity contribution in [1.29, 1.82) is 0 Å². The van der Waals surface area contributed by atoms with Gasteiger partial charge in [0.1, 0.15) is 6.04 Å². The Morgan fingerprint density at radius 1 is 1.13 bits per heavy atom. The molecule has 0 fully saturated rings. The van der Waals surface area contributed by atoms with Gasteiger partial charge in [0.05, 0.1) is 19.8 Å². The quantitative estimate of drug-likeness (QED) is 0.487. The highest BCUT2D eigenvalue weighted by molar-refractivity contribution is 7.99. The fourth-order valence-electron chi connectivity index (χ4n) is 3.69. The van der Waals surface area contributed by atoms with Gasteiger partial charge in [0.15, 0.2) is 11.0 Å². The van der Waals surface area contributed by atoms with Gasteiger partial charge in [0.2, 0.25) is 5.91 Å². The van der Waals surface area contributed by atoms with Crippen molar-refractivity contribution >= 4 is 34.1 Å². The average Bonchev–Trinajstić information content (AvgIpc) is 3.13. The van der Waals surface area contributed by atoms with Gasteiger partial charge < -0.3 is 14.8 Å². The smallest absolute Gasteiger partial charge is 0.234 e. The minimum Gasteiger partial charge on any atom is -0.331 e. The molecule has 0 spiro atoms. The highest BCUT2D eigenvalue weighted by atomic mass is 32.2. The second kappa shape index (κ2) is 10.6. The van der Waals surface area contributed by atoms with Crippen LogP contribution in [0, 0.1) is 0 Å². The average molecular weight is 427 g/mol. The molecule has 7 heteroatoms. The third-order valence-corrected chi connectivity index (χ3v) is 6.26. The van der Waals surface area contributed by atoms with E-state index in [2.05, 4.69) is 48.0 Å². The number of quaternary nitrogens is 1. The number of aromatic nitrogens is 3. The number of thioether (sulfide) groups is 1. The Kier molecular flexibility index (Phi) is 7.87. The fourth-order valence-corrected chi connectivity index (χ4v) is 4.46. The molecule has 0 saturated carbocycles. The molecule has 0 radical (unpaired) electrons. The highest BCUT2D eigenvalue weighted by Gasteiger charge is 2.25. The van der Waals surface area contributed by atoms with Crippen LogP contribution in [-0.4, -0.2) is 40.5 Å². The van der Waals surface area contributed by atoms with Gasteiger partial charge in [-0.2, -0.15) is 0 Å². The SMILES string of the molecule is CCCCn1c(SCC(=O)Nc2cccc3ccccc23)nnc1[C@H](CC)[NH+](C)C. The molecule has 1 atom stereocenters. The largest absolute Gasteiger partial charge is 0.331 e. The van der Waals surface area contributed by atoms with Gasteiger partial charge in [0.25, 0.3) is 0 Å². The van der Waals surface area contributed by atoms with Crippen LogP contribution in [0.2, 0.25) is 0 Å². The van der Waals surface area contributed by atoms with Crippen molar-refractivity contribution in [3.63, 3.8) is 0 Å². The van der Waals surface area contributed by atoms with Gasteiger partial charge in [-0.1, -0.05) is 68.4 Å². The number of anilines is 1. The number of rotatable bonds is 10. The molecule has 160 valence electrons. The summed E-state index contributed by atoms with van der Waals surface area (Å²) in [5.74, 6) is 1.29. The van der Waals surface area contributed by atoms with Crippen LogP contribution < -0.4 is 10.2 Å². The summed E-state index contributed by atoms with van der Waals surface area (Å²) >= 11 is 1.46. The zero-order chi connectivity index (χ0) is 21.5. The first-order valence-electron chi connectivity index (χ1n) is 10.7. The second-order valence-corrected chi connectivity index (χ2v) is 8.69. The molecule has 1 amide bonds. The van der Waals surface area contributed by atoms with Crippen LogP contribution >= 0.6 is 11.8 Å². The third kappa shape index (κ3) is 5.21. The van der Waals surface area contributed by atoms with Crippen LogP contribution in [0.15, 0.2) is 47.6 Å². The number of hydrogen-bond donors (Lipinski definition) is 2. The number of nitrogens with one attached hydrogen (secondary N) is 2. The summed E-state index contributed by atoms with van der Waals surface area (Å²) < 4.78 is 2.21. The van der Waals surface area contributed by atoms with E-state index >= 15 is 0 Å². The van der Waals surface area contributed by atoms with E-state index in [0.717, 1.165) is 53.2 Å². The normalized spacial score (nSPS) is 12.4. The number of amides is 1. The molecule has 1 heterocycles. The van der Waals surface area contributed by atoms with Crippen LogP contribution in [-0.2, 0) is 11.3 Å². The summed E-state index contributed by atoms with van der Waals surface area (Å²) in [4.78, 5) is 14.0. The molecule has 1 aromatic heterocycles. The number of benzene rings is 2. The van der Waals surface area contributed by atoms with Crippen LogP contribution in [0.4, 0.5) is 5.69 Å². The molecule has 0 aliphatic heterocycles. The van der Waals surface area contributed by atoms with E-state index in [1.807, 2.05) is 42.5 Å². The van der Waals surface area contributed by atoms with Crippen molar-refractivity contribution in [2.24, 2.45) is 0 Å². The molecule has 3 aromatic rings. The summed E-state index contributed by atoms with van der Waals surface area (Å²) in [6, 6.07) is 14.3. The van der Waals surface area contributed by atoms with Gasteiger partial charge >= 0.3 is 0 Å². The molecule has 0 bridgehead atoms. The van der Waals surface area contributed by atoms with E-state index in [1.54, 1.807) is 0 Å². The Morgan fingerprint density at radius 2 is 1.90 bits per heavy atom. The molecular weight excluding hydrogens is 394 g/mol. The number of unbranched alkanes of at least 4 members (excludes halogenated alkanes) is 1. The molecular formula is C23H32N5OS+. The van der Waals surface area contributed by atoms with E-state index in [-0.39, 0.29) is 5.91 Å². The van der Waals surface area contributed by atoms with E-state index in [9.17, 15) is 4.79 Å². The fraction of sp³-hybridized carbons (Fsp3) is 0.435. The lowest BCUT2D eigenvalue weighted by Gasteiger charge is -2.20. The molecule has 0 aliphatic rings.